The van der Waals surface area contributed by atoms with Gasteiger partial charge in [0.25, 0.3) is 0 Å². The quantitative estimate of drug-likeness (QED) is 0.387. The minimum Gasteiger partial charge on any atom is -0.350 e. The zero-order chi connectivity index (χ0) is 18.8. The molecule has 4 heteroatoms. The molecule has 0 unspecified atom stereocenters. The van der Waals surface area contributed by atoms with Gasteiger partial charge in [0, 0.05) is 41.5 Å². The highest BCUT2D eigenvalue weighted by Gasteiger charge is 2.12. The van der Waals surface area contributed by atoms with E-state index in [0.717, 1.165) is 27.6 Å². The van der Waals surface area contributed by atoms with E-state index in [1.165, 1.54) is 5.56 Å². The molecule has 4 nitrogen and oxygen atoms in total. The van der Waals surface area contributed by atoms with E-state index in [1.807, 2.05) is 59.9 Å². The molecule has 2 aromatic heterocycles. The molecule has 0 spiro atoms. The van der Waals surface area contributed by atoms with Crippen molar-refractivity contribution < 1.29 is 4.79 Å². The first-order chi connectivity index (χ1) is 13.1. The zero-order valence-corrected chi connectivity index (χ0v) is 15.5. The molecule has 0 aliphatic carbocycles. The monoisotopic (exact) mass is 355 g/mol. The molecule has 0 saturated carbocycles. The zero-order valence-electron chi connectivity index (χ0n) is 15.5. The van der Waals surface area contributed by atoms with Gasteiger partial charge in [-0.2, -0.15) is 5.10 Å². The Morgan fingerprint density at radius 1 is 1.11 bits per heavy atom. The van der Waals surface area contributed by atoms with Crippen molar-refractivity contribution in [3.63, 3.8) is 0 Å². The fourth-order valence-electron chi connectivity index (χ4n) is 3.29. The number of benzene rings is 2. The molecule has 0 amide bonds. The molecule has 4 rings (SSSR count). The molecule has 0 atom stereocenters. The molecule has 134 valence electrons. The summed E-state index contributed by atoms with van der Waals surface area (Å²) in [5.74, 6) is 0.00186. The second-order valence-electron chi connectivity index (χ2n) is 6.83. The van der Waals surface area contributed by atoms with Gasteiger partial charge in [-0.25, -0.2) is 0 Å². The Labute approximate surface area is 158 Å². The first-order valence-electron chi connectivity index (χ1n) is 8.94. The summed E-state index contributed by atoms with van der Waals surface area (Å²) >= 11 is 0. The lowest BCUT2D eigenvalue weighted by Crippen LogP contribution is -1.99. The van der Waals surface area contributed by atoms with Crippen LogP contribution < -0.4 is 0 Å². The predicted molar refractivity (Wildman–Crippen MR) is 109 cm³/mol. The maximum absolute atomic E-state index is 12.7. The van der Waals surface area contributed by atoms with E-state index < -0.39 is 0 Å². The van der Waals surface area contributed by atoms with Crippen LogP contribution in [0.25, 0.3) is 17.0 Å². The summed E-state index contributed by atoms with van der Waals surface area (Å²) in [6.45, 7) is 2.75. The Morgan fingerprint density at radius 3 is 2.74 bits per heavy atom. The van der Waals surface area contributed by atoms with Crippen LogP contribution in [-0.2, 0) is 13.6 Å². The minimum atomic E-state index is 0.00186. The number of hydrogen-bond donors (Lipinski definition) is 0. The average molecular weight is 355 g/mol. The first kappa shape index (κ1) is 17.0. The number of carbonyl (C=O) groups excluding carboxylic acids is 1. The fraction of sp³-hybridized carbons (Fsp3) is 0.130. The summed E-state index contributed by atoms with van der Waals surface area (Å²) in [6.07, 6.45) is 9.08. The van der Waals surface area contributed by atoms with Gasteiger partial charge in [0.15, 0.2) is 5.78 Å². The first-order valence-corrected chi connectivity index (χ1v) is 8.94. The van der Waals surface area contributed by atoms with Crippen LogP contribution in [0.4, 0.5) is 0 Å². The van der Waals surface area contributed by atoms with Crippen LogP contribution in [-0.4, -0.2) is 20.1 Å². The molecule has 0 bridgehead atoms. The number of ketones is 1. The largest absolute Gasteiger partial charge is 0.350 e. The number of carbonyl (C=O) groups is 1. The molecular weight excluding hydrogens is 334 g/mol. The maximum atomic E-state index is 12.7. The van der Waals surface area contributed by atoms with Gasteiger partial charge < -0.3 is 4.57 Å². The van der Waals surface area contributed by atoms with Gasteiger partial charge in [-0.1, -0.05) is 42.0 Å². The molecule has 0 fully saturated rings. The average Bonchev–Trinajstić information content (AvgIpc) is 3.25. The normalized spacial score (nSPS) is 11.5. The van der Waals surface area contributed by atoms with Gasteiger partial charge in [0.1, 0.15) is 0 Å². The van der Waals surface area contributed by atoms with Gasteiger partial charge >= 0.3 is 0 Å². The summed E-state index contributed by atoms with van der Waals surface area (Å²) < 4.78 is 3.87. The molecular formula is C23H21N3O. The molecule has 4 aromatic rings. The lowest BCUT2D eigenvalue weighted by molar-refractivity contribution is 0.104. The Bertz CT molecular complexity index is 1130. The number of allylic oxidation sites excluding steroid dienone is 1. The summed E-state index contributed by atoms with van der Waals surface area (Å²) in [5.41, 5.74) is 5.04. The standard InChI is InChI=1S/C23H21N3O/c1-17-8-10-22-20(12-17)21(16-25(22)2)23(27)11-9-19-13-24-26(15-19)14-18-6-4-3-5-7-18/h3-13,15-16H,14H2,1-2H3/b11-9+. The van der Waals surface area contributed by atoms with Gasteiger partial charge in [-0.15, -0.1) is 0 Å². The van der Waals surface area contributed by atoms with E-state index in [0.29, 0.717) is 6.54 Å². The summed E-state index contributed by atoms with van der Waals surface area (Å²) in [4.78, 5) is 12.7. The van der Waals surface area contributed by atoms with Crippen LogP contribution in [0, 0.1) is 6.92 Å². The van der Waals surface area contributed by atoms with Crippen molar-refractivity contribution in [2.75, 3.05) is 0 Å². The molecule has 0 saturated heterocycles. The number of aryl methyl sites for hydroxylation is 2. The van der Waals surface area contributed by atoms with Crippen molar-refractivity contribution in [3.8, 4) is 0 Å². The van der Waals surface area contributed by atoms with Crippen LogP contribution in [0.3, 0.4) is 0 Å². The van der Waals surface area contributed by atoms with Crippen LogP contribution in [0.15, 0.2) is 73.2 Å². The smallest absolute Gasteiger partial charge is 0.188 e. The van der Waals surface area contributed by atoms with Crippen molar-refractivity contribution in [2.24, 2.45) is 7.05 Å². The highest BCUT2D eigenvalue weighted by Crippen LogP contribution is 2.23. The van der Waals surface area contributed by atoms with Crippen molar-refractivity contribution in [1.82, 2.24) is 14.3 Å². The third-order valence-electron chi connectivity index (χ3n) is 4.68. The van der Waals surface area contributed by atoms with E-state index in [-0.39, 0.29) is 5.78 Å². The van der Waals surface area contributed by atoms with Crippen molar-refractivity contribution in [3.05, 3.63) is 95.5 Å². The highest BCUT2D eigenvalue weighted by molar-refractivity contribution is 6.14. The number of aromatic nitrogens is 3. The molecule has 0 aliphatic rings. The van der Waals surface area contributed by atoms with E-state index in [1.54, 1.807) is 12.3 Å². The van der Waals surface area contributed by atoms with Crippen LogP contribution in [0.2, 0.25) is 0 Å². The summed E-state index contributed by atoms with van der Waals surface area (Å²) in [7, 11) is 1.96. The molecule has 2 heterocycles. The van der Waals surface area contributed by atoms with Crippen LogP contribution in [0.1, 0.15) is 27.0 Å². The molecule has 0 radical (unpaired) electrons. The molecule has 2 aromatic carbocycles. The Hall–Kier alpha value is -3.40. The lowest BCUT2D eigenvalue weighted by Gasteiger charge is -2.00. The molecule has 0 aliphatic heterocycles. The predicted octanol–water partition coefficient (Wildman–Crippen LogP) is 4.63. The third kappa shape index (κ3) is 3.60. The second kappa shape index (κ2) is 7.08. The van der Waals surface area contributed by atoms with Crippen LogP contribution >= 0.6 is 0 Å². The van der Waals surface area contributed by atoms with Crippen molar-refractivity contribution >= 4 is 22.8 Å². The maximum Gasteiger partial charge on any atom is 0.188 e. The van der Waals surface area contributed by atoms with Crippen molar-refractivity contribution in [2.45, 2.75) is 13.5 Å². The number of fused-ring (bicyclic) bond motifs is 1. The SMILES string of the molecule is Cc1ccc2c(c1)c(C(=O)/C=C/c1cnn(Cc3ccccc3)c1)cn2C. The second-order valence-corrected chi connectivity index (χ2v) is 6.83. The Kier molecular flexibility index (Phi) is 4.47. The summed E-state index contributed by atoms with van der Waals surface area (Å²) in [5, 5.41) is 5.37. The Balaban J connectivity index is 1.53. The topological polar surface area (TPSA) is 39.8 Å². The fourth-order valence-corrected chi connectivity index (χ4v) is 3.29. The van der Waals surface area contributed by atoms with Gasteiger partial charge in [-0.05, 0) is 36.8 Å². The van der Waals surface area contributed by atoms with Gasteiger partial charge in [0.2, 0.25) is 0 Å². The van der Waals surface area contributed by atoms with Gasteiger partial charge in [0.05, 0.1) is 12.7 Å². The lowest BCUT2D eigenvalue weighted by atomic mass is 10.1. The summed E-state index contributed by atoms with van der Waals surface area (Å²) in [6, 6.07) is 16.4. The number of nitrogens with zero attached hydrogens (tertiary/aromatic N) is 3. The molecule has 0 N–H and O–H groups in total. The Morgan fingerprint density at radius 2 is 1.93 bits per heavy atom. The van der Waals surface area contributed by atoms with Crippen LogP contribution in [0.5, 0.6) is 0 Å². The number of rotatable bonds is 5. The van der Waals surface area contributed by atoms with E-state index in [9.17, 15) is 4.79 Å². The highest BCUT2D eigenvalue weighted by atomic mass is 16.1. The van der Waals surface area contributed by atoms with E-state index in [4.69, 9.17) is 0 Å². The van der Waals surface area contributed by atoms with Gasteiger partial charge in [-0.3, -0.25) is 9.48 Å². The van der Waals surface area contributed by atoms with E-state index in [2.05, 4.69) is 35.4 Å². The third-order valence-corrected chi connectivity index (χ3v) is 4.68. The molecule has 27 heavy (non-hydrogen) atoms. The number of hydrogen-bond acceptors (Lipinski definition) is 2. The van der Waals surface area contributed by atoms with E-state index >= 15 is 0 Å². The minimum absolute atomic E-state index is 0.00186. The van der Waals surface area contributed by atoms with Crippen molar-refractivity contribution in [1.29, 1.82) is 0 Å².